The van der Waals surface area contributed by atoms with Crippen molar-refractivity contribution < 1.29 is 19.1 Å². The van der Waals surface area contributed by atoms with Crippen LogP contribution < -0.4 is 4.90 Å². The Balaban J connectivity index is 1.69. The molecule has 1 saturated carbocycles. The molecule has 1 aromatic heterocycles. The van der Waals surface area contributed by atoms with Crippen LogP contribution in [0.15, 0.2) is 36.5 Å². The summed E-state index contributed by atoms with van der Waals surface area (Å²) in [4.78, 5) is 28.4. The van der Waals surface area contributed by atoms with E-state index in [0.29, 0.717) is 37.1 Å². The second kappa shape index (κ2) is 10.3. The fraction of sp³-hybridized carbons (Fsp3) is 0.560. The van der Waals surface area contributed by atoms with Crippen molar-refractivity contribution in [3.05, 3.63) is 47.7 Å². The monoisotopic (exact) mass is 439 g/mol. The van der Waals surface area contributed by atoms with Gasteiger partial charge in [0.05, 0.1) is 25.8 Å². The Labute approximate surface area is 189 Å². The van der Waals surface area contributed by atoms with Crippen LogP contribution in [0.2, 0.25) is 0 Å². The minimum Gasteiger partial charge on any atom is -0.462 e. The maximum absolute atomic E-state index is 13.8. The summed E-state index contributed by atoms with van der Waals surface area (Å²) in [5.41, 5.74) is 1.41. The number of carbonyl (C=O) groups excluding carboxylic acids is 2. The Morgan fingerprint density at radius 1 is 1.16 bits per heavy atom. The van der Waals surface area contributed by atoms with Crippen molar-refractivity contribution in [3.8, 4) is 0 Å². The van der Waals surface area contributed by atoms with E-state index in [2.05, 4.69) is 6.92 Å². The Kier molecular flexibility index (Phi) is 7.25. The third kappa shape index (κ3) is 5.04. The van der Waals surface area contributed by atoms with Crippen LogP contribution in [0.5, 0.6) is 0 Å². The highest BCUT2D eigenvalue weighted by molar-refractivity contribution is 6.02. The van der Waals surface area contributed by atoms with Crippen molar-refractivity contribution >= 4 is 17.7 Å². The lowest BCUT2D eigenvalue weighted by Gasteiger charge is -2.33. The van der Waals surface area contributed by atoms with Crippen LogP contribution in [-0.4, -0.2) is 47.5 Å². The van der Waals surface area contributed by atoms with Crippen molar-refractivity contribution in [2.45, 2.75) is 58.5 Å². The molecule has 0 radical (unpaired) electrons. The van der Waals surface area contributed by atoms with E-state index in [1.165, 1.54) is 0 Å². The Bertz CT molecular complexity index is 913. The lowest BCUT2D eigenvalue weighted by Crippen LogP contribution is -2.46. The standard InChI is InChI=1S/C25H33N3O4/c1-3-32-25(30)22-16-27(15-19-7-5-4-6-8-19)26-23(22)28(21-13-14-31-17-21)24(29)20-11-9-18(2)10-12-20/h4-8,16,18,20-21H,3,9-15,17H2,1-2H3/t18?,20?,21-/m0/s1. The molecule has 1 amide bonds. The largest absolute Gasteiger partial charge is 0.462 e. The number of benzene rings is 1. The van der Waals surface area contributed by atoms with Gasteiger partial charge in [0.1, 0.15) is 5.56 Å². The van der Waals surface area contributed by atoms with Crippen LogP contribution in [0.1, 0.15) is 61.9 Å². The molecule has 1 aliphatic heterocycles. The topological polar surface area (TPSA) is 73.7 Å². The molecule has 1 aromatic carbocycles. The molecule has 2 aromatic rings. The van der Waals surface area contributed by atoms with Gasteiger partial charge in [0.25, 0.3) is 0 Å². The van der Waals surface area contributed by atoms with Gasteiger partial charge >= 0.3 is 5.97 Å². The van der Waals surface area contributed by atoms with E-state index in [-0.39, 0.29) is 24.5 Å². The normalized spacial score (nSPS) is 23.1. The molecular weight excluding hydrogens is 406 g/mol. The zero-order valence-electron chi connectivity index (χ0n) is 19.0. The minimum atomic E-state index is -0.448. The van der Waals surface area contributed by atoms with Crippen molar-refractivity contribution in [3.63, 3.8) is 0 Å². The van der Waals surface area contributed by atoms with E-state index in [1.807, 2.05) is 30.3 Å². The maximum Gasteiger partial charge on any atom is 0.343 e. The summed E-state index contributed by atoms with van der Waals surface area (Å²) in [7, 11) is 0. The lowest BCUT2D eigenvalue weighted by molar-refractivity contribution is -0.124. The van der Waals surface area contributed by atoms with Crippen LogP contribution in [0.25, 0.3) is 0 Å². The van der Waals surface area contributed by atoms with Crippen LogP contribution in [0.3, 0.4) is 0 Å². The molecule has 1 aliphatic carbocycles. The van der Waals surface area contributed by atoms with Crippen LogP contribution in [-0.2, 0) is 20.8 Å². The summed E-state index contributed by atoms with van der Waals surface area (Å²) in [6.45, 7) is 5.87. The molecule has 2 fully saturated rings. The Morgan fingerprint density at radius 3 is 2.56 bits per heavy atom. The minimum absolute atomic E-state index is 0.0406. The fourth-order valence-corrected chi connectivity index (χ4v) is 4.68. The molecule has 0 N–H and O–H groups in total. The van der Waals surface area contributed by atoms with Gasteiger partial charge in [-0.25, -0.2) is 4.79 Å². The number of amides is 1. The number of carbonyl (C=O) groups is 2. The quantitative estimate of drug-likeness (QED) is 0.609. The zero-order chi connectivity index (χ0) is 22.5. The summed E-state index contributed by atoms with van der Waals surface area (Å²) in [5, 5.41) is 4.75. The number of esters is 1. The summed E-state index contributed by atoms with van der Waals surface area (Å²) in [6.07, 6.45) is 6.31. The van der Waals surface area contributed by atoms with Gasteiger partial charge in [0.2, 0.25) is 5.91 Å². The van der Waals surface area contributed by atoms with Crippen LogP contribution in [0.4, 0.5) is 5.82 Å². The van der Waals surface area contributed by atoms with E-state index < -0.39 is 5.97 Å². The molecule has 2 heterocycles. The summed E-state index contributed by atoms with van der Waals surface area (Å²) >= 11 is 0. The number of aromatic nitrogens is 2. The van der Waals surface area contributed by atoms with Gasteiger partial charge < -0.3 is 9.47 Å². The fourth-order valence-electron chi connectivity index (χ4n) is 4.68. The number of hydrogen-bond donors (Lipinski definition) is 0. The van der Waals surface area contributed by atoms with Gasteiger partial charge in [-0.15, -0.1) is 0 Å². The molecule has 2 aliphatic rings. The smallest absolute Gasteiger partial charge is 0.343 e. The van der Waals surface area contributed by atoms with Gasteiger partial charge in [0, 0.05) is 18.7 Å². The average Bonchev–Trinajstić information content (AvgIpc) is 3.46. The molecule has 7 nitrogen and oxygen atoms in total. The molecular formula is C25H33N3O4. The van der Waals surface area contributed by atoms with Crippen molar-refractivity contribution in [1.82, 2.24) is 9.78 Å². The summed E-state index contributed by atoms with van der Waals surface area (Å²) < 4.78 is 12.7. The number of anilines is 1. The highest BCUT2D eigenvalue weighted by atomic mass is 16.5. The number of rotatable bonds is 7. The number of ether oxygens (including phenoxy) is 2. The zero-order valence-corrected chi connectivity index (χ0v) is 19.0. The maximum atomic E-state index is 13.8. The van der Waals surface area contributed by atoms with E-state index in [9.17, 15) is 9.59 Å². The van der Waals surface area contributed by atoms with Crippen LogP contribution >= 0.6 is 0 Å². The summed E-state index contributed by atoms with van der Waals surface area (Å²) in [6, 6.07) is 9.83. The second-order valence-corrected chi connectivity index (χ2v) is 8.95. The highest BCUT2D eigenvalue weighted by Crippen LogP contribution is 2.34. The Morgan fingerprint density at radius 2 is 1.91 bits per heavy atom. The van der Waals surface area contributed by atoms with Crippen molar-refractivity contribution in [1.29, 1.82) is 0 Å². The van der Waals surface area contributed by atoms with Gasteiger partial charge in [0.15, 0.2) is 5.82 Å². The first-order chi connectivity index (χ1) is 15.6. The van der Waals surface area contributed by atoms with Crippen molar-refractivity contribution in [2.75, 3.05) is 24.7 Å². The number of hydrogen-bond acceptors (Lipinski definition) is 5. The summed E-state index contributed by atoms with van der Waals surface area (Å²) in [5.74, 6) is 0.626. The van der Waals surface area contributed by atoms with E-state index in [1.54, 1.807) is 22.7 Å². The second-order valence-electron chi connectivity index (χ2n) is 8.95. The average molecular weight is 440 g/mol. The molecule has 172 valence electrons. The molecule has 32 heavy (non-hydrogen) atoms. The van der Waals surface area contributed by atoms with E-state index >= 15 is 0 Å². The number of nitrogens with zero attached hydrogens (tertiary/aromatic N) is 3. The third-order valence-electron chi connectivity index (χ3n) is 6.53. The molecule has 7 heteroatoms. The Hall–Kier alpha value is -2.67. The first kappa shape index (κ1) is 22.5. The van der Waals surface area contributed by atoms with Gasteiger partial charge in [-0.05, 0) is 50.5 Å². The van der Waals surface area contributed by atoms with Gasteiger partial charge in [-0.2, -0.15) is 5.10 Å². The first-order valence-corrected chi connectivity index (χ1v) is 11.8. The molecule has 1 saturated heterocycles. The predicted octanol–water partition coefficient (Wildman–Crippen LogP) is 4.06. The van der Waals surface area contributed by atoms with Crippen molar-refractivity contribution in [2.24, 2.45) is 11.8 Å². The molecule has 0 unspecified atom stereocenters. The third-order valence-corrected chi connectivity index (χ3v) is 6.53. The van der Waals surface area contributed by atoms with Crippen LogP contribution in [0, 0.1) is 11.8 Å². The lowest BCUT2D eigenvalue weighted by atomic mass is 9.82. The van der Waals surface area contributed by atoms with E-state index in [4.69, 9.17) is 14.6 Å². The molecule has 4 rings (SSSR count). The molecule has 0 spiro atoms. The van der Waals surface area contributed by atoms with Gasteiger partial charge in [-0.1, -0.05) is 37.3 Å². The molecule has 1 atom stereocenters. The first-order valence-electron chi connectivity index (χ1n) is 11.8. The SMILES string of the molecule is CCOC(=O)c1cn(Cc2ccccc2)nc1N(C(=O)C1CCC(C)CC1)[C@H]1CCOC1. The molecule has 0 bridgehead atoms. The highest BCUT2D eigenvalue weighted by Gasteiger charge is 2.38. The van der Waals surface area contributed by atoms with E-state index in [0.717, 1.165) is 37.7 Å². The van der Waals surface area contributed by atoms with Gasteiger partial charge in [-0.3, -0.25) is 14.4 Å². The predicted molar refractivity (Wildman–Crippen MR) is 122 cm³/mol.